The number of likely N-dealkylation sites (tertiary alicyclic amines) is 1. The van der Waals surface area contributed by atoms with E-state index in [1.807, 2.05) is 18.3 Å². The maximum Gasteiger partial charge on any atom is 0.144 e. The average Bonchev–Trinajstić information content (AvgIpc) is 2.84. The van der Waals surface area contributed by atoms with Crippen LogP contribution in [0.15, 0.2) is 24.5 Å². The van der Waals surface area contributed by atoms with E-state index >= 15 is 0 Å². The van der Waals surface area contributed by atoms with Crippen molar-refractivity contribution in [2.75, 3.05) is 20.7 Å². The topological polar surface area (TPSA) is 29.8 Å². The molecule has 0 amide bonds. The van der Waals surface area contributed by atoms with Crippen LogP contribution < -0.4 is 4.74 Å². The largest absolute Gasteiger partial charge is 0.494 e. The van der Waals surface area contributed by atoms with Crippen LogP contribution in [0.1, 0.15) is 25.1 Å². The minimum Gasteiger partial charge on any atom is -0.494 e. The number of methoxy groups -OCH3 is 1. The molecule has 1 atom stereocenters. The highest BCUT2D eigenvalue weighted by atomic mass is 16.5. The number of ether oxygens (including phenoxy) is 1. The van der Waals surface area contributed by atoms with Crippen LogP contribution in [0.25, 0.3) is 5.52 Å². The van der Waals surface area contributed by atoms with E-state index in [-0.39, 0.29) is 0 Å². The van der Waals surface area contributed by atoms with E-state index in [9.17, 15) is 0 Å². The van der Waals surface area contributed by atoms with E-state index in [2.05, 4.69) is 27.5 Å². The molecule has 1 unspecified atom stereocenters. The average molecular weight is 259 g/mol. The van der Waals surface area contributed by atoms with Gasteiger partial charge in [-0.25, -0.2) is 4.98 Å². The Morgan fingerprint density at radius 1 is 1.42 bits per heavy atom. The second kappa shape index (κ2) is 5.21. The first-order valence-corrected chi connectivity index (χ1v) is 6.99. The lowest BCUT2D eigenvalue weighted by molar-refractivity contribution is 0.182. The summed E-state index contributed by atoms with van der Waals surface area (Å²) >= 11 is 0. The highest BCUT2D eigenvalue weighted by Crippen LogP contribution is 2.23. The number of likely N-dealkylation sites (N-methyl/N-ethyl adjacent to an activating group) is 1. The second-order valence-electron chi connectivity index (χ2n) is 5.34. The van der Waals surface area contributed by atoms with Gasteiger partial charge in [-0.1, -0.05) is 6.42 Å². The molecule has 4 heteroatoms. The van der Waals surface area contributed by atoms with Crippen LogP contribution in [0.5, 0.6) is 5.75 Å². The van der Waals surface area contributed by atoms with Gasteiger partial charge in [-0.2, -0.15) is 0 Å². The molecule has 2 aromatic heterocycles. The predicted octanol–water partition coefficient (Wildman–Crippen LogP) is 2.37. The van der Waals surface area contributed by atoms with Gasteiger partial charge in [-0.3, -0.25) is 0 Å². The number of pyridine rings is 1. The number of rotatable bonds is 3. The number of hydrogen-bond donors (Lipinski definition) is 0. The van der Waals surface area contributed by atoms with Crippen molar-refractivity contribution in [2.24, 2.45) is 0 Å². The normalized spacial score (nSPS) is 20.8. The summed E-state index contributed by atoms with van der Waals surface area (Å²) in [7, 11) is 3.93. The molecular weight excluding hydrogens is 238 g/mol. The maximum absolute atomic E-state index is 5.38. The zero-order valence-electron chi connectivity index (χ0n) is 11.7. The monoisotopic (exact) mass is 259 g/mol. The van der Waals surface area contributed by atoms with Gasteiger partial charge in [0.05, 0.1) is 13.3 Å². The van der Waals surface area contributed by atoms with Gasteiger partial charge in [-0.15, -0.1) is 0 Å². The Labute approximate surface area is 114 Å². The van der Waals surface area contributed by atoms with Gasteiger partial charge in [0.15, 0.2) is 0 Å². The van der Waals surface area contributed by atoms with Crippen LogP contribution in [0.4, 0.5) is 0 Å². The number of imidazole rings is 1. The lowest BCUT2D eigenvalue weighted by atomic mass is 10.00. The van der Waals surface area contributed by atoms with Gasteiger partial charge < -0.3 is 14.0 Å². The maximum atomic E-state index is 5.38. The minimum atomic E-state index is 0.616. The third-order valence-corrected chi connectivity index (χ3v) is 4.17. The van der Waals surface area contributed by atoms with Crippen LogP contribution in [-0.2, 0) is 6.42 Å². The minimum absolute atomic E-state index is 0.616. The zero-order chi connectivity index (χ0) is 13.2. The summed E-state index contributed by atoms with van der Waals surface area (Å²) in [5.41, 5.74) is 1.05. The smallest absolute Gasteiger partial charge is 0.144 e. The summed E-state index contributed by atoms with van der Waals surface area (Å²) in [6.07, 6.45) is 8.93. The Balaban J connectivity index is 1.89. The Morgan fingerprint density at radius 2 is 2.32 bits per heavy atom. The summed E-state index contributed by atoms with van der Waals surface area (Å²) in [5, 5.41) is 0. The van der Waals surface area contributed by atoms with E-state index in [1.54, 1.807) is 7.11 Å². The third-order valence-electron chi connectivity index (χ3n) is 4.17. The molecular formula is C15H21N3O. The van der Waals surface area contributed by atoms with E-state index in [0.29, 0.717) is 6.04 Å². The molecule has 0 bridgehead atoms. The van der Waals surface area contributed by atoms with Crippen molar-refractivity contribution in [2.45, 2.75) is 31.7 Å². The Bertz CT molecular complexity index is 564. The number of nitrogens with zero attached hydrogens (tertiary/aromatic N) is 3. The van der Waals surface area contributed by atoms with Gasteiger partial charge in [0.25, 0.3) is 0 Å². The fourth-order valence-corrected chi connectivity index (χ4v) is 2.99. The first-order chi connectivity index (χ1) is 9.29. The third kappa shape index (κ3) is 2.32. The molecule has 1 fully saturated rings. The Hall–Kier alpha value is -1.55. The highest BCUT2D eigenvalue weighted by Gasteiger charge is 2.21. The number of aromatic nitrogens is 2. The second-order valence-corrected chi connectivity index (χ2v) is 5.34. The summed E-state index contributed by atoms with van der Waals surface area (Å²) in [6, 6.07) is 4.61. The van der Waals surface area contributed by atoms with Crippen molar-refractivity contribution < 1.29 is 4.74 Å². The van der Waals surface area contributed by atoms with Crippen molar-refractivity contribution in [3.63, 3.8) is 0 Å². The molecule has 3 heterocycles. The van der Waals surface area contributed by atoms with Crippen molar-refractivity contribution in [3.8, 4) is 5.75 Å². The molecule has 1 aliphatic heterocycles. The quantitative estimate of drug-likeness (QED) is 0.847. The van der Waals surface area contributed by atoms with Crippen LogP contribution in [0.2, 0.25) is 0 Å². The first-order valence-electron chi connectivity index (χ1n) is 6.99. The Morgan fingerprint density at radius 3 is 3.11 bits per heavy atom. The van der Waals surface area contributed by atoms with E-state index in [1.165, 1.54) is 25.8 Å². The molecule has 19 heavy (non-hydrogen) atoms. The highest BCUT2D eigenvalue weighted by molar-refractivity contribution is 5.59. The van der Waals surface area contributed by atoms with Gasteiger partial charge in [0.1, 0.15) is 17.1 Å². The predicted molar refractivity (Wildman–Crippen MR) is 75.7 cm³/mol. The van der Waals surface area contributed by atoms with Crippen LogP contribution in [0.3, 0.4) is 0 Å². The molecule has 102 valence electrons. The first kappa shape index (κ1) is 12.5. The van der Waals surface area contributed by atoms with Gasteiger partial charge in [0.2, 0.25) is 0 Å². The van der Waals surface area contributed by atoms with Crippen molar-refractivity contribution in [1.29, 1.82) is 0 Å². The van der Waals surface area contributed by atoms with Crippen LogP contribution in [0, 0.1) is 0 Å². The molecule has 0 aliphatic carbocycles. The molecule has 0 radical (unpaired) electrons. The van der Waals surface area contributed by atoms with E-state index in [4.69, 9.17) is 4.74 Å². The summed E-state index contributed by atoms with van der Waals surface area (Å²) < 4.78 is 7.53. The number of hydrogen-bond acceptors (Lipinski definition) is 3. The van der Waals surface area contributed by atoms with Gasteiger partial charge in [0, 0.05) is 18.7 Å². The van der Waals surface area contributed by atoms with E-state index in [0.717, 1.165) is 23.5 Å². The molecule has 0 aromatic carbocycles. The molecule has 0 N–H and O–H groups in total. The van der Waals surface area contributed by atoms with Gasteiger partial charge in [-0.05, 0) is 38.6 Å². The lowest BCUT2D eigenvalue weighted by Crippen LogP contribution is -2.38. The van der Waals surface area contributed by atoms with Crippen molar-refractivity contribution >= 4 is 5.52 Å². The molecule has 0 spiro atoms. The lowest BCUT2D eigenvalue weighted by Gasteiger charge is -2.32. The van der Waals surface area contributed by atoms with Crippen LogP contribution in [-0.4, -0.2) is 41.0 Å². The SMILES string of the molecule is COc1cccn2c(CC3CCCCN3C)ncc12. The van der Waals surface area contributed by atoms with Gasteiger partial charge >= 0.3 is 0 Å². The number of piperidine rings is 1. The standard InChI is InChI=1S/C15H21N3O/c1-17-8-4-3-6-12(17)10-15-16-11-13-14(19-2)7-5-9-18(13)15/h5,7,9,11-12H,3-4,6,8,10H2,1-2H3. The summed E-state index contributed by atoms with van der Waals surface area (Å²) in [4.78, 5) is 7.05. The summed E-state index contributed by atoms with van der Waals surface area (Å²) in [5.74, 6) is 2.02. The Kier molecular flexibility index (Phi) is 3.42. The molecule has 1 saturated heterocycles. The molecule has 0 saturated carbocycles. The molecule has 2 aromatic rings. The van der Waals surface area contributed by atoms with Crippen LogP contribution >= 0.6 is 0 Å². The molecule has 1 aliphatic rings. The summed E-state index contributed by atoms with van der Waals surface area (Å²) in [6.45, 7) is 1.21. The number of fused-ring (bicyclic) bond motifs is 1. The van der Waals surface area contributed by atoms with Crippen molar-refractivity contribution in [1.82, 2.24) is 14.3 Å². The fourth-order valence-electron chi connectivity index (χ4n) is 2.99. The zero-order valence-corrected chi connectivity index (χ0v) is 11.7. The molecule has 3 rings (SSSR count). The van der Waals surface area contributed by atoms with Crippen molar-refractivity contribution in [3.05, 3.63) is 30.4 Å². The van der Waals surface area contributed by atoms with E-state index < -0.39 is 0 Å². The molecule has 4 nitrogen and oxygen atoms in total. The fraction of sp³-hybridized carbons (Fsp3) is 0.533.